The number of benzene rings is 1. The van der Waals surface area contributed by atoms with E-state index in [0.29, 0.717) is 23.7 Å². The van der Waals surface area contributed by atoms with Crippen molar-refractivity contribution in [1.82, 2.24) is 4.98 Å². The summed E-state index contributed by atoms with van der Waals surface area (Å²) in [5.74, 6) is 0.389. The highest BCUT2D eigenvalue weighted by molar-refractivity contribution is 7.80. The van der Waals surface area contributed by atoms with E-state index in [0.717, 1.165) is 0 Å². The summed E-state index contributed by atoms with van der Waals surface area (Å²) in [7, 11) is 0. The van der Waals surface area contributed by atoms with Gasteiger partial charge in [0.15, 0.2) is 11.6 Å². The second kappa shape index (κ2) is 6.29. The van der Waals surface area contributed by atoms with E-state index in [1.165, 1.54) is 6.07 Å². The van der Waals surface area contributed by atoms with Gasteiger partial charge >= 0.3 is 0 Å². The first-order chi connectivity index (χ1) is 9.60. The van der Waals surface area contributed by atoms with Gasteiger partial charge in [0.25, 0.3) is 0 Å². The Hall–Kier alpha value is -2.21. The Labute approximate surface area is 121 Å². The fourth-order valence-corrected chi connectivity index (χ4v) is 1.73. The van der Waals surface area contributed by atoms with E-state index < -0.39 is 5.82 Å². The Bertz CT molecular complexity index is 616. The van der Waals surface area contributed by atoms with E-state index in [9.17, 15) is 4.39 Å². The van der Waals surface area contributed by atoms with Crippen molar-refractivity contribution in [3.63, 3.8) is 0 Å². The summed E-state index contributed by atoms with van der Waals surface area (Å²) in [6.07, 6.45) is 1.57. The lowest BCUT2D eigenvalue weighted by atomic mass is 10.2. The second-order valence-electron chi connectivity index (χ2n) is 4.00. The molecule has 1 aromatic carbocycles. The van der Waals surface area contributed by atoms with Crippen LogP contribution in [0.4, 0.5) is 15.9 Å². The molecule has 6 heteroatoms. The molecule has 0 saturated carbocycles. The van der Waals surface area contributed by atoms with Gasteiger partial charge in [-0.25, -0.2) is 9.37 Å². The summed E-state index contributed by atoms with van der Waals surface area (Å²) in [5.41, 5.74) is 6.76. The molecule has 0 aliphatic carbocycles. The summed E-state index contributed by atoms with van der Waals surface area (Å²) >= 11 is 4.85. The number of nitrogens with one attached hydrogen (secondary N) is 1. The molecule has 0 aliphatic rings. The van der Waals surface area contributed by atoms with E-state index >= 15 is 0 Å². The first-order valence-electron chi connectivity index (χ1n) is 6.05. The number of hydrogen-bond acceptors (Lipinski definition) is 4. The SMILES string of the molecule is CCOc1ccc(Nc2ccc(C(N)=S)cn2)cc1F. The lowest BCUT2D eigenvalue weighted by Gasteiger charge is -2.09. The molecule has 0 bridgehead atoms. The molecule has 104 valence electrons. The maximum Gasteiger partial charge on any atom is 0.167 e. The van der Waals surface area contributed by atoms with E-state index in [1.807, 2.05) is 0 Å². The van der Waals surface area contributed by atoms with Gasteiger partial charge in [-0.2, -0.15) is 0 Å². The van der Waals surface area contributed by atoms with E-state index in [-0.39, 0.29) is 10.7 Å². The zero-order valence-electron chi connectivity index (χ0n) is 10.9. The Morgan fingerprint density at radius 2 is 2.20 bits per heavy atom. The Kier molecular flexibility index (Phi) is 4.47. The normalized spacial score (nSPS) is 10.1. The molecule has 20 heavy (non-hydrogen) atoms. The topological polar surface area (TPSA) is 60.2 Å². The largest absolute Gasteiger partial charge is 0.491 e. The van der Waals surface area contributed by atoms with Crippen LogP contribution in [0.25, 0.3) is 0 Å². The summed E-state index contributed by atoms with van der Waals surface area (Å²) < 4.78 is 18.8. The third-order valence-electron chi connectivity index (χ3n) is 2.55. The minimum atomic E-state index is -0.420. The van der Waals surface area contributed by atoms with Gasteiger partial charge in [0.2, 0.25) is 0 Å². The van der Waals surface area contributed by atoms with Crippen LogP contribution < -0.4 is 15.8 Å². The van der Waals surface area contributed by atoms with Crippen LogP contribution in [0.2, 0.25) is 0 Å². The number of thiocarbonyl (C=S) groups is 1. The fraction of sp³-hybridized carbons (Fsp3) is 0.143. The molecular weight excluding hydrogens is 277 g/mol. The van der Waals surface area contributed by atoms with E-state index in [4.69, 9.17) is 22.7 Å². The molecule has 0 radical (unpaired) electrons. The van der Waals surface area contributed by atoms with Gasteiger partial charge < -0.3 is 15.8 Å². The number of hydrogen-bond donors (Lipinski definition) is 2. The zero-order chi connectivity index (χ0) is 14.5. The minimum absolute atomic E-state index is 0.231. The summed E-state index contributed by atoms with van der Waals surface area (Å²) in [6, 6.07) is 8.13. The summed E-state index contributed by atoms with van der Waals surface area (Å²) in [5, 5.41) is 2.99. The third-order valence-corrected chi connectivity index (χ3v) is 2.79. The van der Waals surface area contributed by atoms with Gasteiger partial charge in [0.05, 0.1) is 6.61 Å². The Balaban J connectivity index is 2.13. The summed E-state index contributed by atoms with van der Waals surface area (Å²) in [4.78, 5) is 4.44. The molecule has 0 aliphatic heterocycles. The van der Waals surface area contributed by atoms with Crippen molar-refractivity contribution >= 4 is 28.7 Å². The predicted molar refractivity (Wildman–Crippen MR) is 81.0 cm³/mol. The highest BCUT2D eigenvalue weighted by Gasteiger charge is 2.05. The zero-order valence-corrected chi connectivity index (χ0v) is 11.7. The molecule has 0 saturated heterocycles. The van der Waals surface area contributed by atoms with Crippen molar-refractivity contribution in [3.8, 4) is 5.75 Å². The highest BCUT2D eigenvalue weighted by Crippen LogP contribution is 2.23. The first-order valence-corrected chi connectivity index (χ1v) is 6.46. The molecular formula is C14H14FN3OS. The van der Waals surface area contributed by atoms with Gasteiger partial charge in [0.1, 0.15) is 10.8 Å². The first kappa shape index (κ1) is 14.2. The number of halogens is 1. The third kappa shape index (κ3) is 3.42. The lowest BCUT2D eigenvalue weighted by molar-refractivity contribution is 0.321. The Morgan fingerprint density at radius 3 is 2.75 bits per heavy atom. The van der Waals surface area contributed by atoms with Gasteiger partial charge in [-0.05, 0) is 31.2 Å². The van der Waals surface area contributed by atoms with Crippen molar-refractivity contribution < 1.29 is 9.13 Å². The molecule has 2 rings (SSSR count). The molecule has 2 aromatic rings. The van der Waals surface area contributed by atoms with Crippen molar-refractivity contribution in [3.05, 3.63) is 47.9 Å². The number of aromatic nitrogens is 1. The minimum Gasteiger partial charge on any atom is -0.491 e. The number of ether oxygens (including phenoxy) is 1. The molecule has 0 fully saturated rings. The van der Waals surface area contributed by atoms with Crippen molar-refractivity contribution in [1.29, 1.82) is 0 Å². The van der Waals surface area contributed by atoms with Crippen LogP contribution in [0.5, 0.6) is 5.75 Å². The molecule has 1 heterocycles. The number of nitrogens with two attached hydrogens (primary N) is 1. The van der Waals surface area contributed by atoms with Gasteiger partial charge in [-0.1, -0.05) is 12.2 Å². The molecule has 1 aromatic heterocycles. The quantitative estimate of drug-likeness (QED) is 0.829. The van der Waals surface area contributed by atoms with Crippen LogP contribution in [0.1, 0.15) is 12.5 Å². The number of anilines is 2. The number of rotatable bonds is 5. The smallest absolute Gasteiger partial charge is 0.167 e. The van der Waals surface area contributed by atoms with Gasteiger partial charge in [0, 0.05) is 23.5 Å². The second-order valence-corrected chi connectivity index (χ2v) is 4.44. The van der Waals surface area contributed by atoms with Crippen LogP contribution in [-0.2, 0) is 0 Å². The standard InChI is InChI=1S/C14H14FN3OS/c1-2-19-12-5-4-10(7-11(12)15)18-13-6-3-9(8-17-13)14(16)20/h3-8H,2H2,1H3,(H2,16,20)(H,17,18). The van der Waals surface area contributed by atoms with Crippen LogP contribution in [-0.4, -0.2) is 16.6 Å². The summed E-state index contributed by atoms with van der Waals surface area (Å²) in [6.45, 7) is 2.23. The maximum absolute atomic E-state index is 13.7. The monoisotopic (exact) mass is 291 g/mol. The van der Waals surface area contributed by atoms with Gasteiger partial charge in [-0.15, -0.1) is 0 Å². The molecule has 4 nitrogen and oxygen atoms in total. The maximum atomic E-state index is 13.7. The fourth-order valence-electron chi connectivity index (χ4n) is 1.61. The van der Waals surface area contributed by atoms with Crippen molar-refractivity contribution in [2.45, 2.75) is 6.92 Å². The highest BCUT2D eigenvalue weighted by atomic mass is 32.1. The average molecular weight is 291 g/mol. The van der Waals surface area contributed by atoms with Crippen molar-refractivity contribution in [2.75, 3.05) is 11.9 Å². The molecule has 0 amide bonds. The van der Waals surface area contributed by atoms with Crippen LogP contribution in [0.15, 0.2) is 36.5 Å². The lowest BCUT2D eigenvalue weighted by Crippen LogP contribution is -2.09. The Morgan fingerprint density at radius 1 is 1.40 bits per heavy atom. The van der Waals surface area contributed by atoms with Crippen LogP contribution in [0.3, 0.4) is 0 Å². The number of nitrogens with zero attached hydrogens (tertiary/aromatic N) is 1. The van der Waals surface area contributed by atoms with Gasteiger partial charge in [-0.3, -0.25) is 0 Å². The van der Waals surface area contributed by atoms with E-state index in [1.54, 1.807) is 37.4 Å². The van der Waals surface area contributed by atoms with Crippen LogP contribution >= 0.6 is 12.2 Å². The van der Waals surface area contributed by atoms with Crippen LogP contribution in [0, 0.1) is 5.82 Å². The number of pyridine rings is 1. The molecule has 0 unspecified atom stereocenters. The average Bonchev–Trinajstić information content (AvgIpc) is 2.42. The molecule has 0 atom stereocenters. The molecule has 0 spiro atoms. The van der Waals surface area contributed by atoms with E-state index in [2.05, 4.69) is 10.3 Å². The predicted octanol–water partition coefficient (Wildman–Crippen LogP) is 3.00. The molecule has 3 N–H and O–H groups in total. The van der Waals surface area contributed by atoms with Crippen molar-refractivity contribution in [2.24, 2.45) is 5.73 Å².